The molecule has 0 radical (unpaired) electrons. The third-order valence-electron chi connectivity index (χ3n) is 4.00. The van der Waals surface area contributed by atoms with Gasteiger partial charge in [0.2, 0.25) is 0 Å². The van der Waals surface area contributed by atoms with Gasteiger partial charge in [-0.3, -0.25) is 14.9 Å². The fourth-order valence-electron chi connectivity index (χ4n) is 2.62. The van der Waals surface area contributed by atoms with E-state index in [4.69, 9.17) is 0 Å². The van der Waals surface area contributed by atoms with E-state index in [1.54, 1.807) is 12.1 Å². The Morgan fingerprint density at radius 3 is 2.56 bits per heavy atom. The third-order valence-corrected chi connectivity index (χ3v) is 4.00. The largest absolute Gasteiger partial charge is 0.355 e. The second kappa shape index (κ2) is 9.54. The lowest BCUT2D eigenvalue weighted by Gasteiger charge is -2.07. The molecule has 0 heterocycles. The number of benzene rings is 2. The summed E-state index contributed by atoms with van der Waals surface area (Å²) in [6, 6.07) is 14.9. The molecule has 1 amide bonds. The van der Waals surface area contributed by atoms with Gasteiger partial charge in [0.15, 0.2) is 0 Å². The van der Waals surface area contributed by atoms with E-state index in [-0.39, 0.29) is 11.6 Å². The number of aryl methyl sites for hydroxylation is 1. The maximum Gasteiger partial charge on any atom is 0.274 e. The molecule has 2 rings (SSSR count). The van der Waals surface area contributed by atoms with Crippen molar-refractivity contribution >= 4 is 11.6 Å². The first-order valence-corrected chi connectivity index (χ1v) is 8.36. The molecule has 0 aliphatic carbocycles. The molecule has 6 heteroatoms. The number of nitro groups is 1. The molecule has 0 saturated heterocycles. The van der Waals surface area contributed by atoms with Gasteiger partial charge in [-0.1, -0.05) is 36.4 Å². The highest BCUT2D eigenvalue weighted by Gasteiger charge is 2.16. The summed E-state index contributed by atoms with van der Waals surface area (Å²) >= 11 is 0. The Morgan fingerprint density at radius 2 is 1.88 bits per heavy atom. The summed E-state index contributed by atoms with van der Waals surface area (Å²) in [6.45, 7) is 1.21. The van der Waals surface area contributed by atoms with Gasteiger partial charge in [0.05, 0.1) is 4.92 Å². The van der Waals surface area contributed by atoms with Crippen LogP contribution in [-0.4, -0.2) is 24.4 Å². The minimum absolute atomic E-state index is 0.0297. The highest BCUT2D eigenvalue weighted by Crippen LogP contribution is 2.20. The summed E-state index contributed by atoms with van der Waals surface area (Å²) in [5.41, 5.74) is 2.17. The minimum Gasteiger partial charge on any atom is -0.355 e. The standard InChI is InChI=1S/C19H23N3O3/c1-20-19(23)16-10-11-17(18(13-16)22(24)25)14-21-12-6-5-9-15-7-3-2-4-8-15/h2-4,7-8,10-11,13,21H,5-6,9,12,14H2,1H3,(H,20,23). The summed E-state index contributed by atoms with van der Waals surface area (Å²) in [7, 11) is 1.50. The van der Waals surface area contributed by atoms with Crippen LogP contribution in [0.15, 0.2) is 48.5 Å². The number of carbonyl (C=O) groups excluding carboxylic acids is 1. The molecule has 0 spiro atoms. The average Bonchev–Trinajstić information content (AvgIpc) is 2.64. The number of unbranched alkanes of at least 4 members (excludes halogenated alkanes) is 1. The molecule has 0 aromatic heterocycles. The summed E-state index contributed by atoms with van der Waals surface area (Å²) in [5, 5.41) is 16.9. The van der Waals surface area contributed by atoms with Crippen molar-refractivity contribution in [1.82, 2.24) is 10.6 Å². The molecule has 0 aliphatic rings. The number of hydrogen-bond donors (Lipinski definition) is 2. The highest BCUT2D eigenvalue weighted by molar-refractivity contribution is 5.94. The Morgan fingerprint density at radius 1 is 1.12 bits per heavy atom. The Labute approximate surface area is 147 Å². The number of rotatable bonds is 9. The Kier molecular flexibility index (Phi) is 7.10. The van der Waals surface area contributed by atoms with Gasteiger partial charge >= 0.3 is 0 Å². The molecule has 0 saturated carbocycles. The number of carbonyl (C=O) groups is 1. The van der Waals surface area contributed by atoms with Crippen LogP contribution in [0.2, 0.25) is 0 Å². The Bertz CT molecular complexity index is 717. The molecule has 0 unspecified atom stereocenters. The van der Waals surface area contributed by atoms with Gasteiger partial charge in [-0.15, -0.1) is 0 Å². The topological polar surface area (TPSA) is 84.3 Å². The molecular weight excluding hydrogens is 318 g/mol. The first-order chi connectivity index (χ1) is 12.1. The molecule has 2 aromatic carbocycles. The summed E-state index contributed by atoms with van der Waals surface area (Å²) in [4.78, 5) is 22.4. The van der Waals surface area contributed by atoms with Crippen LogP contribution < -0.4 is 10.6 Å². The van der Waals surface area contributed by atoms with Crippen LogP contribution in [0.3, 0.4) is 0 Å². The van der Waals surface area contributed by atoms with E-state index in [1.165, 1.54) is 18.7 Å². The molecule has 132 valence electrons. The molecule has 0 aliphatic heterocycles. The van der Waals surface area contributed by atoms with Gasteiger partial charge in [-0.05, 0) is 37.4 Å². The molecule has 0 fully saturated rings. The van der Waals surface area contributed by atoms with Crippen LogP contribution >= 0.6 is 0 Å². The molecule has 2 aromatic rings. The van der Waals surface area contributed by atoms with Gasteiger partial charge < -0.3 is 10.6 Å². The zero-order valence-electron chi connectivity index (χ0n) is 14.3. The fraction of sp³-hybridized carbons (Fsp3) is 0.316. The monoisotopic (exact) mass is 341 g/mol. The Balaban J connectivity index is 1.81. The predicted molar refractivity (Wildman–Crippen MR) is 97.6 cm³/mol. The molecule has 0 bridgehead atoms. The van der Waals surface area contributed by atoms with Crippen LogP contribution in [0.25, 0.3) is 0 Å². The maximum absolute atomic E-state index is 11.6. The molecular formula is C19H23N3O3. The average molecular weight is 341 g/mol. The first kappa shape index (κ1) is 18.6. The number of nitrogens with zero attached hydrogens (tertiary/aromatic N) is 1. The zero-order valence-corrected chi connectivity index (χ0v) is 14.3. The highest BCUT2D eigenvalue weighted by atomic mass is 16.6. The van der Waals surface area contributed by atoms with E-state index in [2.05, 4.69) is 22.8 Å². The van der Waals surface area contributed by atoms with E-state index in [9.17, 15) is 14.9 Å². The van der Waals surface area contributed by atoms with Gasteiger partial charge in [0.25, 0.3) is 11.6 Å². The number of amides is 1. The molecule has 6 nitrogen and oxygen atoms in total. The third kappa shape index (κ3) is 5.69. The summed E-state index contributed by atoms with van der Waals surface area (Å²) < 4.78 is 0. The number of hydrogen-bond acceptors (Lipinski definition) is 4. The van der Waals surface area contributed by atoms with Crippen molar-refractivity contribution in [3.05, 3.63) is 75.3 Å². The molecule has 2 N–H and O–H groups in total. The molecule has 0 atom stereocenters. The number of nitro benzene ring substituents is 1. The maximum atomic E-state index is 11.6. The van der Waals surface area contributed by atoms with Crippen molar-refractivity contribution < 1.29 is 9.72 Å². The smallest absolute Gasteiger partial charge is 0.274 e. The summed E-state index contributed by atoms with van der Waals surface area (Å²) in [6.07, 6.45) is 3.09. The van der Waals surface area contributed by atoms with Gasteiger partial charge in [0.1, 0.15) is 0 Å². The van der Waals surface area contributed by atoms with E-state index in [0.29, 0.717) is 17.7 Å². The van der Waals surface area contributed by atoms with Crippen LogP contribution in [0.5, 0.6) is 0 Å². The van der Waals surface area contributed by atoms with Crippen molar-refractivity contribution in [2.45, 2.75) is 25.8 Å². The first-order valence-electron chi connectivity index (χ1n) is 8.36. The van der Waals surface area contributed by atoms with E-state index in [1.807, 2.05) is 18.2 Å². The van der Waals surface area contributed by atoms with Crippen molar-refractivity contribution in [3.8, 4) is 0 Å². The number of nitrogens with one attached hydrogen (secondary N) is 2. The lowest BCUT2D eigenvalue weighted by molar-refractivity contribution is -0.385. The van der Waals surface area contributed by atoms with Crippen molar-refractivity contribution in [2.24, 2.45) is 0 Å². The SMILES string of the molecule is CNC(=O)c1ccc(CNCCCCc2ccccc2)c([N+](=O)[O-])c1. The van der Waals surface area contributed by atoms with Crippen molar-refractivity contribution in [3.63, 3.8) is 0 Å². The second-order valence-electron chi connectivity index (χ2n) is 5.80. The quantitative estimate of drug-likeness (QED) is 0.417. The van der Waals surface area contributed by atoms with E-state index >= 15 is 0 Å². The Hall–Kier alpha value is -2.73. The lowest BCUT2D eigenvalue weighted by Crippen LogP contribution is -2.19. The van der Waals surface area contributed by atoms with Gasteiger partial charge in [-0.25, -0.2) is 0 Å². The normalized spacial score (nSPS) is 10.4. The van der Waals surface area contributed by atoms with Gasteiger partial charge in [0, 0.05) is 30.8 Å². The molecule has 25 heavy (non-hydrogen) atoms. The van der Waals surface area contributed by atoms with Crippen LogP contribution in [-0.2, 0) is 13.0 Å². The minimum atomic E-state index is -0.446. The zero-order chi connectivity index (χ0) is 18.1. The van der Waals surface area contributed by atoms with Crippen LogP contribution in [0.4, 0.5) is 5.69 Å². The summed E-state index contributed by atoms with van der Waals surface area (Å²) in [5.74, 6) is -0.330. The fourth-order valence-corrected chi connectivity index (χ4v) is 2.62. The van der Waals surface area contributed by atoms with E-state index in [0.717, 1.165) is 25.8 Å². The lowest BCUT2D eigenvalue weighted by atomic mass is 10.1. The van der Waals surface area contributed by atoms with Gasteiger partial charge in [-0.2, -0.15) is 0 Å². The van der Waals surface area contributed by atoms with E-state index < -0.39 is 4.92 Å². The second-order valence-corrected chi connectivity index (χ2v) is 5.80. The van der Waals surface area contributed by atoms with Crippen molar-refractivity contribution in [1.29, 1.82) is 0 Å². The van der Waals surface area contributed by atoms with Crippen LogP contribution in [0, 0.1) is 10.1 Å². The predicted octanol–water partition coefficient (Wildman–Crippen LogP) is 3.07. The van der Waals surface area contributed by atoms with Crippen LogP contribution in [0.1, 0.15) is 34.3 Å². The van der Waals surface area contributed by atoms with Crippen molar-refractivity contribution in [2.75, 3.05) is 13.6 Å².